The lowest BCUT2D eigenvalue weighted by atomic mass is 10.3. The Morgan fingerprint density at radius 2 is 1.89 bits per heavy atom. The van der Waals surface area contributed by atoms with Gasteiger partial charge in [-0.3, -0.25) is 0 Å². The van der Waals surface area contributed by atoms with Crippen LogP contribution in [0, 0.1) is 6.92 Å². The summed E-state index contributed by atoms with van der Waals surface area (Å²) in [6, 6.07) is 9.91. The minimum atomic E-state index is 0.731. The molecule has 0 aliphatic heterocycles. The van der Waals surface area contributed by atoms with E-state index in [4.69, 9.17) is 0 Å². The summed E-state index contributed by atoms with van der Waals surface area (Å²) in [7, 11) is 1.95. The Balaban J connectivity index is 2.10. The number of rotatable bonds is 2. The van der Waals surface area contributed by atoms with Crippen LogP contribution < -0.4 is 5.32 Å². The average molecular weight is 239 g/mol. The summed E-state index contributed by atoms with van der Waals surface area (Å²) in [6.45, 7) is 1.95. The summed E-state index contributed by atoms with van der Waals surface area (Å²) in [4.78, 5) is 13.0. The molecule has 5 nitrogen and oxygen atoms in total. The monoisotopic (exact) mass is 239 g/mol. The Hall–Kier alpha value is -2.43. The molecule has 0 aliphatic rings. The highest BCUT2D eigenvalue weighted by Gasteiger charge is 2.10. The first-order chi connectivity index (χ1) is 8.75. The van der Waals surface area contributed by atoms with E-state index in [1.165, 1.54) is 0 Å². The standard InChI is InChI=1S/C13H13N5/c1-9-16-11-12(14-8-15-13(11)18(9)2)17-10-6-4-3-5-7-10/h3-8H,1-2H3,(H,14,15,17). The van der Waals surface area contributed by atoms with Crippen LogP contribution in [0.2, 0.25) is 0 Å². The van der Waals surface area contributed by atoms with Gasteiger partial charge in [0.05, 0.1) is 0 Å². The topological polar surface area (TPSA) is 55.6 Å². The first kappa shape index (κ1) is 10.7. The number of nitrogens with zero attached hydrogens (tertiary/aromatic N) is 4. The smallest absolute Gasteiger partial charge is 0.165 e. The zero-order valence-corrected chi connectivity index (χ0v) is 10.3. The van der Waals surface area contributed by atoms with E-state index >= 15 is 0 Å². The van der Waals surface area contributed by atoms with Crippen molar-refractivity contribution in [1.29, 1.82) is 0 Å². The molecule has 0 radical (unpaired) electrons. The van der Waals surface area contributed by atoms with Crippen LogP contribution in [-0.4, -0.2) is 19.5 Å². The maximum absolute atomic E-state index is 4.48. The fraction of sp³-hybridized carbons (Fsp3) is 0.154. The Bertz CT molecular complexity index is 687. The van der Waals surface area contributed by atoms with Gasteiger partial charge >= 0.3 is 0 Å². The zero-order valence-electron chi connectivity index (χ0n) is 10.3. The van der Waals surface area contributed by atoms with Crippen molar-refractivity contribution < 1.29 is 0 Å². The normalized spacial score (nSPS) is 10.8. The van der Waals surface area contributed by atoms with Crippen molar-refractivity contribution in [2.75, 3.05) is 5.32 Å². The van der Waals surface area contributed by atoms with Crippen molar-refractivity contribution in [2.24, 2.45) is 7.05 Å². The number of nitrogens with one attached hydrogen (secondary N) is 1. The quantitative estimate of drug-likeness (QED) is 0.746. The second-order valence-corrected chi connectivity index (χ2v) is 4.10. The van der Waals surface area contributed by atoms with Crippen molar-refractivity contribution in [1.82, 2.24) is 19.5 Å². The molecule has 0 saturated carbocycles. The lowest BCUT2D eigenvalue weighted by Crippen LogP contribution is -1.97. The first-order valence-electron chi connectivity index (χ1n) is 5.72. The number of benzene rings is 1. The van der Waals surface area contributed by atoms with E-state index in [-0.39, 0.29) is 0 Å². The highest BCUT2D eigenvalue weighted by Crippen LogP contribution is 2.22. The summed E-state index contributed by atoms with van der Waals surface area (Å²) in [6.07, 6.45) is 1.55. The molecule has 5 heteroatoms. The van der Waals surface area contributed by atoms with Crippen LogP contribution in [0.1, 0.15) is 5.82 Å². The number of anilines is 2. The third-order valence-electron chi connectivity index (χ3n) is 2.92. The molecule has 0 aliphatic carbocycles. The van der Waals surface area contributed by atoms with Gasteiger partial charge in [0.1, 0.15) is 12.2 Å². The minimum Gasteiger partial charge on any atom is -0.338 e. The molecule has 0 spiro atoms. The van der Waals surface area contributed by atoms with Crippen LogP contribution >= 0.6 is 0 Å². The lowest BCUT2D eigenvalue weighted by molar-refractivity contribution is 0.873. The third-order valence-corrected chi connectivity index (χ3v) is 2.92. The molecule has 3 aromatic rings. The van der Waals surface area contributed by atoms with Gasteiger partial charge in [-0.05, 0) is 19.1 Å². The molecule has 0 amide bonds. The SMILES string of the molecule is Cc1nc2c(Nc3ccccc3)ncnc2n1C. The summed E-state index contributed by atoms with van der Waals surface area (Å²) in [5.41, 5.74) is 2.61. The molecule has 2 heterocycles. The molecule has 0 unspecified atom stereocenters. The van der Waals surface area contributed by atoms with Gasteiger partial charge < -0.3 is 9.88 Å². The van der Waals surface area contributed by atoms with E-state index in [9.17, 15) is 0 Å². The zero-order chi connectivity index (χ0) is 12.5. The molecule has 1 N–H and O–H groups in total. The molecular formula is C13H13N5. The molecule has 90 valence electrons. The van der Waals surface area contributed by atoms with Crippen LogP contribution in [0.25, 0.3) is 11.2 Å². The van der Waals surface area contributed by atoms with Gasteiger partial charge in [-0.2, -0.15) is 0 Å². The molecule has 0 atom stereocenters. The summed E-state index contributed by atoms with van der Waals surface area (Å²) in [5, 5.41) is 3.26. The molecule has 0 fully saturated rings. The number of hydrogen-bond donors (Lipinski definition) is 1. The van der Waals surface area contributed by atoms with Gasteiger partial charge in [0, 0.05) is 12.7 Å². The number of aryl methyl sites for hydroxylation is 2. The van der Waals surface area contributed by atoms with E-state index in [1.54, 1.807) is 6.33 Å². The highest BCUT2D eigenvalue weighted by atomic mass is 15.1. The predicted molar refractivity (Wildman–Crippen MR) is 70.8 cm³/mol. The molecular weight excluding hydrogens is 226 g/mol. The van der Waals surface area contributed by atoms with Crippen molar-refractivity contribution >= 4 is 22.7 Å². The van der Waals surface area contributed by atoms with Gasteiger partial charge in [-0.25, -0.2) is 15.0 Å². The van der Waals surface area contributed by atoms with Crippen molar-refractivity contribution in [3.63, 3.8) is 0 Å². The van der Waals surface area contributed by atoms with E-state index in [1.807, 2.05) is 48.9 Å². The maximum Gasteiger partial charge on any atom is 0.165 e. The summed E-state index contributed by atoms with van der Waals surface area (Å²) >= 11 is 0. The largest absolute Gasteiger partial charge is 0.338 e. The first-order valence-corrected chi connectivity index (χ1v) is 5.72. The Labute approximate surface area is 105 Å². The number of imidazole rings is 1. The molecule has 1 aromatic carbocycles. The Morgan fingerprint density at radius 1 is 1.11 bits per heavy atom. The predicted octanol–water partition coefficient (Wildman–Crippen LogP) is 2.42. The van der Waals surface area contributed by atoms with Gasteiger partial charge in [0.25, 0.3) is 0 Å². The summed E-state index contributed by atoms with van der Waals surface area (Å²) in [5.74, 6) is 1.65. The highest BCUT2D eigenvalue weighted by molar-refractivity contribution is 5.85. The van der Waals surface area contributed by atoms with E-state index in [2.05, 4.69) is 20.3 Å². The fourth-order valence-electron chi connectivity index (χ4n) is 1.86. The van der Waals surface area contributed by atoms with Crippen molar-refractivity contribution in [2.45, 2.75) is 6.92 Å². The summed E-state index contributed by atoms with van der Waals surface area (Å²) < 4.78 is 1.95. The van der Waals surface area contributed by atoms with Crippen molar-refractivity contribution in [3.05, 3.63) is 42.5 Å². The second-order valence-electron chi connectivity index (χ2n) is 4.10. The molecule has 0 saturated heterocycles. The molecule has 3 rings (SSSR count). The van der Waals surface area contributed by atoms with Crippen LogP contribution in [-0.2, 0) is 7.05 Å². The number of hydrogen-bond acceptors (Lipinski definition) is 4. The van der Waals surface area contributed by atoms with Crippen LogP contribution in [0.3, 0.4) is 0 Å². The van der Waals surface area contributed by atoms with E-state index in [0.29, 0.717) is 0 Å². The van der Waals surface area contributed by atoms with Crippen LogP contribution in [0.15, 0.2) is 36.7 Å². The second kappa shape index (κ2) is 4.10. The number of fused-ring (bicyclic) bond motifs is 1. The molecule has 2 aromatic heterocycles. The number of para-hydroxylation sites is 1. The van der Waals surface area contributed by atoms with E-state index in [0.717, 1.165) is 28.5 Å². The lowest BCUT2D eigenvalue weighted by Gasteiger charge is -2.05. The van der Waals surface area contributed by atoms with Crippen LogP contribution in [0.4, 0.5) is 11.5 Å². The van der Waals surface area contributed by atoms with Crippen molar-refractivity contribution in [3.8, 4) is 0 Å². The Morgan fingerprint density at radius 3 is 2.67 bits per heavy atom. The van der Waals surface area contributed by atoms with Gasteiger partial charge in [-0.1, -0.05) is 18.2 Å². The maximum atomic E-state index is 4.48. The minimum absolute atomic E-state index is 0.731. The fourth-order valence-corrected chi connectivity index (χ4v) is 1.86. The van der Waals surface area contributed by atoms with Crippen LogP contribution in [0.5, 0.6) is 0 Å². The molecule has 0 bridgehead atoms. The van der Waals surface area contributed by atoms with Gasteiger partial charge in [0.15, 0.2) is 17.0 Å². The average Bonchev–Trinajstić information content (AvgIpc) is 2.69. The Kier molecular flexibility index (Phi) is 2.44. The molecule has 18 heavy (non-hydrogen) atoms. The van der Waals surface area contributed by atoms with E-state index < -0.39 is 0 Å². The van der Waals surface area contributed by atoms with Gasteiger partial charge in [-0.15, -0.1) is 0 Å². The van der Waals surface area contributed by atoms with Gasteiger partial charge in [0.2, 0.25) is 0 Å². The number of aromatic nitrogens is 4. The third kappa shape index (κ3) is 1.69.